The minimum absolute atomic E-state index is 0.0549. The first kappa shape index (κ1) is 15.9. The predicted molar refractivity (Wildman–Crippen MR) is 70.8 cm³/mol. The highest BCUT2D eigenvalue weighted by Gasteiger charge is 2.17. The number of hydrogen-bond donors (Lipinski definition) is 2. The molecule has 0 aliphatic heterocycles. The molecule has 0 aromatic heterocycles. The number of rotatable bonds is 7. The molecule has 8 nitrogen and oxygen atoms in total. The average molecular weight is 284 g/mol. The van der Waals surface area contributed by atoms with Crippen LogP contribution in [0.4, 0.5) is 11.4 Å². The molecule has 0 saturated heterocycles. The van der Waals surface area contributed by atoms with E-state index >= 15 is 0 Å². The van der Waals surface area contributed by atoms with Crippen LogP contribution in [-0.4, -0.2) is 49.5 Å². The van der Waals surface area contributed by atoms with Crippen molar-refractivity contribution in [2.24, 2.45) is 0 Å². The van der Waals surface area contributed by atoms with Gasteiger partial charge in [-0.1, -0.05) is 0 Å². The molecule has 0 saturated carbocycles. The van der Waals surface area contributed by atoms with Crippen molar-refractivity contribution >= 4 is 17.3 Å². The molecule has 1 aromatic carbocycles. The van der Waals surface area contributed by atoms with Gasteiger partial charge in [0.2, 0.25) is 0 Å². The number of anilines is 1. The molecule has 0 aliphatic rings. The Labute approximate surface area is 115 Å². The van der Waals surface area contributed by atoms with Crippen LogP contribution in [0.15, 0.2) is 18.2 Å². The van der Waals surface area contributed by atoms with Gasteiger partial charge in [0.05, 0.1) is 30.3 Å². The van der Waals surface area contributed by atoms with E-state index in [1.165, 1.54) is 32.4 Å². The van der Waals surface area contributed by atoms with Gasteiger partial charge in [-0.15, -0.1) is 0 Å². The molecule has 0 radical (unpaired) electrons. The lowest BCUT2D eigenvalue weighted by molar-refractivity contribution is -0.384. The Morgan fingerprint density at radius 3 is 2.75 bits per heavy atom. The maximum absolute atomic E-state index is 11.4. The van der Waals surface area contributed by atoms with Gasteiger partial charge < -0.3 is 19.9 Å². The Balaban J connectivity index is 2.94. The van der Waals surface area contributed by atoms with Crippen molar-refractivity contribution in [1.29, 1.82) is 0 Å². The summed E-state index contributed by atoms with van der Waals surface area (Å²) in [5, 5.41) is 23.1. The maximum Gasteiger partial charge on any atom is 0.337 e. The molecule has 8 heteroatoms. The van der Waals surface area contributed by atoms with Crippen LogP contribution in [0.2, 0.25) is 0 Å². The number of esters is 1. The van der Waals surface area contributed by atoms with Gasteiger partial charge in [0.15, 0.2) is 0 Å². The third kappa shape index (κ3) is 4.18. The van der Waals surface area contributed by atoms with Gasteiger partial charge >= 0.3 is 5.97 Å². The van der Waals surface area contributed by atoms with Crippen LogP contribution in [-0.2, 0) is 9.47 Å². The Morgan fingerprint density at radius 1 is 1.50 bits per heavy atom. The van der Waals surface area contributed by atoms with Crippen LogP contribution >= 0.6 is 0 Å². The van der Waals surface area contributed by atoms with Crippen molar-refractivity contribution in [3.8, 4) is 0 Å². The lowest BCUT2D eigenvalue weighted by Gasteiger charge is -2.12. The molecule has 0 bridgehead atoms. The fraction of sp³-hybridized carbons (Fsp3) is 0.417. The lowest BCUT2D eigenvalue weighted by Crippen LogP contribution is -2.24. The fourth-order valence-electron chi connectivity index (χ4n) is 1.56. The van der Waals surface area contributed by atoms with Crippen LogP contribution in [0.1, 0.15) is 10.4 Å². The topological polar surface area (TPSA) is 111 Å². The molecule has 0 spiro atoms. The number of benzene rings is 1. The molecule has 2 N–H and O–H groups in total. The quantitative estimate of drug-likeness (QED) is 0.432. The van der Waals surface area contributed by atoms with Gasteiger partial charge in [0, 0.05) is 19.7 Å². The molecule has 110 valence electrons. The first-order valence-corrected chi connectivity index (χ1v) is 5.77. The SMILES string of the molecule is COCC(O)CNc1cc(C(=O)OC)ccc1[N+](=O)[O-]. The number of carbonyl (C=O) groups excluding carboxylic acids is 1. The van der Waals surface area contributed by atoms with Crippen molar-refractivity contribution in [2.75, 3.05) is 32.7 Å². The van der Waals surface area contributed by atoms with Crippen LogP contribution in [0.5, 0.6) is 0 Å². The molecule has 0 amide bonds. The molecule has 1 rings (SSSR count). The van der Waals surface area contributed by atoms with E-state index in [1.54, 1.807) is 0 Å². The number of carbonyl (C=O) groups is 1. The van der Waals surface area contributed by atoms with Crippen LogP contribution in [0, 0.1) is 10.1 Å². The van der Waals surface area contributed by atoms with Crippen molar-refractivity contribution in [2.45, 2.75) is 6.10 Å². The van der Waals surface area contributed by atoms with Crippen molar-refractivity contribution in [1.82, 2.24) is 0 Å². The smallest absolute Gasteiger partial charge is 0.337 e. The number of nitro groups is 1. The molecule has 0 heterocycles. The maximum atomic E-state index is 11.4. The molecular formula is C12H16N2O6. The highest BCUT2D eigenvalue weighted by atomic mass is 16.6. The van der Waals surface area contributed by atoms with E-state index in [0.29, 0.717) is 0 Å². The lowest BCUT2D eigenvalue weighted by atomic mass is 10.1. The molecule has 20 heavy (non-hydrogen) atoms. The van der Waals surface area contributed by atoms with Gasteiger partial charge in [-0.05, 0) is 12.1 Å². The summed E-state index contributed by atoms with van der Waals surface area (Å²) >= 11 is 0. The second-order valence-corrected chi connectivity index (χ2v) is 3.97. The second kappa shape index (κ2) is 7.41. The first-order chi connectivity index (χ1) is 9.49. The summed E-state index contributed by atoms with van der Waals surface area (Å²) in [6, 6.07) is 3.82. The van der Waals surface area contributed by atoms with Crippen LogP contribution in [0.3, 0.4) is 0 Å². The number of hydrogen-bond acceptors (Lipinski definition) is 7. The monoisotopic (exact) mass is 284 g/mol. The Hall–Kier alpha value is -2.19. The summed E-state index contributed by atoms with van der Waals surface area (Å²) in [5.41, 5.74) is 0.122. The minimum atomic E-state index is -0.818. The minimum Gasteiger partial charge on any atom is -0.465 e. The first-order valence-electron chi connectivity index (χ1n) is 5.77. The van der Waals surface area contributed by atoms with E-state index < -0.39 is 17.0 Å². The zero-order valence-electron chi connectivity index (χ0n) is 11.2. The zero-order chi connectivity index (χ0) is 15.1. The van der Waals surface area contributed by atoms with E-state index in [1.807, 2.05) is 0 Å². The number of nitrogens with one attached hydrogen (secondary N) is 1. The van der Waals surface area contributed by atoms with Gasteiger partial charge in [0.25, 0.3) is 5.69 Å². The Morgan fingerprint density at radius 2 is 2.20 bits per heavy atom. The van der Waals surface area contributed by atoms with Crippen LogP contribution < -0.4 is 5.32 Å². The summed E-state index contributed by atoms with van der Waals surface area (Å²) in [6.07, 6.45) is -0.818. The third-order valence-electron chi connectivity index (χ3n) is 2.50. The Bertz CT molecular complexity index is 491. The van der Waals surface area contributed by atoms with Gasteiger partial charge in [-0.3, -0.25) is 10.1 Å². The van der Waals surface area contributed by atoms with Gasteiger partial charge in [0.1, 0.15) is 5.69 Å². The normalized spacial score (nSPS) is 11.8. The summed E-state index contributed by atoms with van der Waals surface area (Å²) in [4.78, 5) is 21.7. The highest BCUT2D eigenvalue weighted by molar-refractivity contribution is 5.91. The highest BCUT2D eigenvalue weighted by Crippen LogP contribution is 2.25. The molecule has 0 aliphatic carbocycles. The zero-order valence-corrected chi connectivity index (χ0v) is 11.2. The summed E-state index contributed by atoms with van der Waals surface area (Å²) < 4.78 is 9.30. The predicted octanol–water partition coefficient (Wildman–Crippen LogP) is 0.801. The van der Waals surface area contributed by atoms with Crippen molar-refractivity contribution < 1.29 is 24.3 Å². The molecule has 1 unspecified atom stereocenters. The van der Waals surface area contributed by atoms with Gasteiger partial charge in [-0.2, -0.15) is 0 Å². The fourth-order valence-corrected chi connectivity index (χ4v) is 1.56. The van der Waals surface area contributed by atoms with E-state index in [4.69, 9.17) is 4.74 Å². The van der Waals surface area contributed by atoms with Crippen molar-refractivity contribution in [3.05, 3.63) is 33.9 Å². The number of nitrogens with zero attached hydrogens (tertiary/aromatic N) is 1. The molecular weight excluding hydrogens is 268 g/mol. The van der Waals surface area contributed by atoms with Crippen LogP contribution in [0.25, 0.3) is 0 Å². The number of nitro benzene ring substituents is 1. The summed E-state index contributed by atoms with van der Waals surface area (Å²) in [6.45, 7) is 0.150. The largest absolute Gasteiger partial charge is 0.465 e. The number of methoxy groups -OCH3 is 2. The number of aliphatic hydroxyl groups is 1. The Kier molecular flexibility index (Phi) is 5.88. The van der Waals surface area contributed by atoms with Gasteiger partial charge in [-0.25, -0.2) is 4.79 Å². The molecule has 0 fully saturated rings. The van der Waals surface area contributed by atoms with E-state index in [9.17, 15) is 20.0 Å². The van der Waals surface area contributed by atoms with E-state index in [2.05, 4.69) is 10.1 Å². The molecule has 1 atom stereocenters. The number of aliphatic hydroxyl groups excluding tert-OH is 1. The standard InChI is InChI=1S/C12H16N2O6/c1-19-7-9(15)6-13-10-5-8(12(16)20-2)3-4-11(10)14(17)18/h3-5,9,13,15H,6-7H2,1-2H3. The van der Waals surface area contributed by atoms with E-state index in [0.717, 1.165) is 0 Å². The summed E-state index contributed by atoms with van der Waals surface area (Å²) in [7, 11) is 2.66. The average Bonchev–Trinajstić information content (AvgIpc) is 2.44. The second-order valence-electron chi connectivity index (χ2n) is 3.97. The summed E-state index contributed by atoms with van der Waals surface area (Å²) in [5.74, 6) is -0.597. The number of ether oxygens (including phenoxy) is 2. The van der Waals surface area contributed by atoms with Crippen molar-refractivity contribution in [3.63, 3.8) is 0 Å². The molecule has 1 aromatic rings. The third-order valence-corrected chi connectivity index (χ3v) is 2.50. The van der Waals surface area contributed by atoms with E-state index in [-0.39, 0.29) is 30.1 Å².